The summed E-state index contributed by atoms with van der Waals surface area (Å²) in [7, 11) is 1.78. The van der Waals surface area contributed by atoms with E-state index >= 15 is 0 Å². The Hall–Kier alpha value is -12.4. The molecule has 3 aliphatic rings. The lowest BCUT2D eigenvalue weighted by atomic mass is 9.98. The minimum atomic E-state index is -0.502. The molecule has 9 aromatic heterocycles. The largest absolute Gasteiger partial charge is 0.440 e. The molecule has 103 heavy (non-hydrogen) atoms. The van der Waals surface area contributed by atoms with Gasteiger partial charge in [-0.15, -0.1) is 30.6 Å². The van der Waals surface area contributed by atoms with Crippen LogP contribution < -0.4 is 21.3 Å². The van der Waals surface area contributed by atoms with Crippen LogP contribution in [-0.2, 0) is 7.05 Å². The minimum Gasteiger partial charge on any atom is -0.440 e. The number of carbonyl (C=O) groups excluding carboxylic acids is 4. The van der Waals surface area contributed by atoms with Crippen LogP contribution in [0.3, 0.4) is 0 Å². The highest BCUT2D eigenvalue weighted by atomic mass is 35.5. The van der Waals surface area contributed by atoms with Crippen LogP contribution in [0.1, 0.15) is 114 Å². The Morgan fingerprint density at radius 1 is 0.476 bits per heavy atom. The van der Waals surface area contributed by atoms with Crippen LogP contribution in [0.15, 0.2) is 180 Å². The van der Waals surface area contributed by atoms with Crippen LogP contribution in [0.5, 0.6) is 0 Å². The summed E-state index contributed by atoms with van der Waals surface area (Å²) < 4.78 is 46.8. The van der Waals surface area contributed by atoms with Gasteiger partial charge in [-0.25, -0.2) is 18.7 Å². The summed E-state index contributed by atoms with van der Waals surface area (Å²) in [5, 5.41) is 41.4. The van der Waals surface area contributed by atoms with E-state index in [0.29, 0.717) is 85.8 Å². The zero-order valence-corrected chi connectivity index (χ0v) is 57.8. The van der Waals surface area contributed by atoms with Gasteiger partial charge in [-0.2, -0.15) is 5.10 Å². The quantitative estimate of drug-likeness (QED) is 0.0788. The zero-order valence-electron chi connectivity index (χ0n) is 57.0. The van der Waals surface area contributed by atoms with Gasteiger partial charge in [0.25, 0.3) is 23.6 Å². The van der Waals surface area contributed by atoms with Crippen molar-refractivity contribution in [3.05, 3.63) is 244 Å². The molecular formula is C77H68ClF2N17O6. The first-order valence-corrected chi connectivity index (χ1v) is 33.8. The number of pyridine rings is 3. The molecule has 9 heterocycles. The predicted molar refractivity (Wildman–Crippen MR) is 384 cm³/mol. The number of anilines is 1. The lowest BCUT2D eigenvalue weighted by Gasteiger charge is -2.11. The van der Waals surface area contributed by atoms with Crippen molar-refractivity contribution in [2.75, 3.05) is 5.32 Å². The molecule has 0 bridgehead atoms. The molecular weight excluding hydrogens is 1330 g/mol. The van der Waals surface area contributed by atoms with E-state index < -0.39 is 11.6 Å². The average molecular weight is 1400 g/mol. The predicted octanol–water partition coefficient (Wildman–Crippen LogP) is 14.3. The standard InChI is InChI=1S/C23H17ClF2N4O.C22H19N7O2.C21H19N5O2.C11H13NO/c1-12-16(9-14(10-19(12)26)23(31)27-15-5-6-15)13-7-8-30-20(11-13)28-29-22(30)21-17(24)3-2-4-18(21)25;1-13-4-5-16(22(30)25-18-6-8-24-28(18)3)10-17(13)15-7-9-29-19(11-15)26-27-21(29)20-14(2)23-12-31-20;1-12-3-4-15(21(27)23-16-5-6-16)9-17(12)14-7-8-26-18(10-14)24-25-20(26)19-13(2)22-11-28-19;1-8-2-4-9(5-3-8)11(13)12-10-6-7-10/h2-4,7-11,15H,5-6H2,1H3,(H,27,31);4-12H,1-3H3,(H,25,30);3-4,7-11,16H,5-6H2,1-2H3,(H,23,27);2-5,10H,6-7H2,1H3,(H,12,13). The number of oxazole rings is 2. The lowest BCUT2D eigenvalue weighted by Crippen LogP contribution is -2.25. The van der Waals surface area contributed by atoms with Gasteiger partial charge in [0.2, 0.25) is 11.6 Å². The van der Waals surface area contributed by atoms with E-state index in [1.807, 2.05) is 141 Å². The highest BCUT2D eigenvalue weighted by molar-refractivity contribution is 6.33. The number of carbonyl (C=O) groups is 4. The third-order valence-electron chi connectivity index (χ3n) is 18.0. The normalized spacial score (nSPS) is 13.1. The maximum Gasteiger partial charge on any atom is 0.256 e. The molecule has 0 unspecified atom stereocenters. The van der Waals surface area contributed by atoms with Crippen LogP contribution in [0.25, 0.3) is 84.9 Å². The zero-order chi connectivity index (χ0) is 71.7. The highest BCUT2D eigenvalue weighted by Crippen LogP contribution is 2.35. The second kappa shape index (κ2) is 28.7. The van der Waals surface area contributed by atoms with E-state index in [2.05, 4.69) is 66.9 Å². The highest BCUT2D eigenvalue weighted by Gasteiger charge is 2.28. The first kappa shape index (κ1) is 67.8. The Morgan fingerprint density at radius 2 is 0.922 bits per heavy atom. The van der Waals surface area contributed by atoms with Crippen molar-refractivity contribution >= 4 is 58.0 Å². The van der Waals surface area contributed by atoms with Crippen LogP contribution in [0.2, 0.25) is 5.02 Å². The van der Waals surface area contributed by atoms with Crippen molar-refractivity contribution < 1.29 is 36.8 Å². The Morgan fingerprint density at radius 3 is 1.39 bits per heavy atom. The number of fused-ring (bicyclic) bond motifs is 3. The fourth-order valence-electron chi connectivity index (χ4n) is 11.5. The molecule has 518 valence electrons. The summed E-state index contributed by atoms with van der Waals surface area (Å²) in [4.78, 5) is 57.3. The Labute approximate surface area is 593 Å². The first-order valence-electron chi connectivity index (χ1n) is 33.4. The van der Waals surface area contributed by atoms with Gasteiger partial charge in [0.1, 0.15) is 17.5 Å². The first-order chi connectivity index (χ1) is 49.8. The SMILES string of the molecule is Cc1c(F)cc(C(=O)NC2CC2)cc1-c1ccn2c(-c3c(F)cccc3Cl)nnc2c1.Cc1ccc(C(=O)NC2CC2)cc1.Cc1ccc(C(=O)NC2CC2)cc1-c1ccn2c(-c3ocnc3C)nnc2c1.Cc1ccc(C(=O)Nc2ccnn2C)cc1-c1ccn2c(-c3ocnc3C)nnc2c1. The molecule has 4 N–H and O–H groups in total. The number of nitrogens with one attached hydrogen (secondary N) is 4. The van der Waals surface area contributed by atoms with E-state index in [4.69, 9.17) is 20.4 Å². The molecule has 3 fully saturated rings. The van der Waals surface area contributed by atoms with Gasteiger partial charge in [0.15, 0.2) is 47.1 Å². The third kappa shape index (κ3) is 14.9. The van der Waals surface area contributed by atoms with Crippen molar-refractivity contribution in [2.24, 2.45) is 7.05 Å². The van der Waals surface area contributed by atoms with Crippen molar-refractivity contribution in [3.63, 3.8) is 0 Å². The van der Waals surface area contributed by atoms with Crippen LogP contribution in [0.4, 0.5) is 14.6 Å². The van der Waals surface area contributed by atoms with Gasteiger partial charge in [-0.05, 0) is 227 Å². The summed E-state index contributed by atoms with van der Waals surface area (Å²) in [5.74, 6) is 1.90. The smallest absolute Gasteiger partial charge is 0.256 e. The van der Waals surface area contributed by atoms with Crippen molar-refractivity contribution in [3.8, 4) is 67.9 Å². The van der Waals surface area contributed by atoms with Gasteiger partial charge in [-0.3, -0.25) is 37.1 Å². The number of nitrogens with zero attached hydrogens (tertiary/aromatic N) is 13. The summed E-state index contributed by atoms with van der Waals surface area (Å²) in [6, 6.07) is 40.5. The molecule has 23 nitrogen and oxygen atoms in total. The molecule has 5 aromatic carbocycles. The maximum absolute atomic E-state index is 14.6. The molecule has 3 aliphatic carbocycles. The monoisotopic (exact) mass is 1400 g/mol. The number of benzene rings is 5. The second-order valence-corrected chi connectivity index (χ2v) is 26.1. The molecule has 0 atom stereocenters. The van der Waals surface area contributed by atoms with E-state index in [-0.39, 0.29) is 51.6 Å². The van der Waals surface area contributed by atoms with E-state index in [9.17, 15) is 28.0 Å². The van der Waals surface area contributed by atoms with Gasteiger partial charge < -0.3 is 30.1 Å². The molecule has 0 aliphatic heterocycles. The summed E-state index contributed by atoms with van der Waals surface area (Å²) in [5.41, 5.74) is 14.6. The van der Waals surface area contributed by atoms with Gasteiger partial charge >= 0.3 is 0 Å². The molecule has 4 amide bonds. The fraction of sp³-hybridized carbons (Fsp3) is 0.208. The maximum atomic E-state index is 14.6. The molecule has 0 radical (unpaired) electrons. The number of hydrogen-bond donors (Lipinski definition) is 4. The molecule has 3 saturated carbocycles. The number of hydrogen-bond acceptors (Lipinski definition) is 15. The van der Waals surface area contributed by atoms with E-state index in [0.717, 1.165) is 88.9 Å². The molecule has 17 rings (SSSR count). The Balaban J connectivity index is 0.000000120. The number of rotatable bonds is 14. The lowest BCUT2D eigenvalue weighted by molar-refractivity contribution is 0.0942. The third-order valence-corrected chi connectivity index (χ3v) is 18.3. The van der Waals surface area contributed by atoms with Gasteiger partial charge in [0, 0.05) is 72.1 Å². The molecule has 0 spiro atoms. The Bertz CT molecular complexity index is 5570. The summed E-state index contributed by atoms with van der Waals surface area (Å²) in [6.45, 7) is 11.5. The van der Waals surface area contributed by atoms with Crippen molar-refractivity contribution in [1.29, 1.82) is 0 Å². The Kier molecular flexibility index (Phi) is 18.9. The number of halogens is 3. The van der Waals surface area contributed by atoms with Gasteiger partial charge in [-0.1, -0.05) is 47.5 Å². The van der Waals surface area contributed by atoms with E-state index in [1.165, 1.54) is 36.5 Å². The average Bonchev–Trinajstić information content (AvgIpc) is 1.66. The summed E-state index contributed by atoms with van der Waals surface area (Å²) >= 11 is 6.17. The molecule has 26 heteroatoms. The number of amides is 4. The number of aryl methyl sites for hydroxylation is 6. The van der Waals surface area contributed by atoms with E-state index in [1.54, 1.807) is 65.8 Å². The van der Waals surface area contributed by atoms with Crippen molar-refractivity contribution in [1.82, 2.24) is 79.5 Å². The van der Waals surface area contributed by atoms with Gasteiger partial charge in [0.05, 0.1) is 28.2 Å². The fourth-order valence-corrected chi connectivity index (χ4v) is 11.8. The number of aromatic nitrogens is 13. The van der Waals surface area contributed by atoms with Crippen molar-refractivity contribution in [2.45, 2.75) is 98.2 Å². The second-order valence-electron chi connectivity index (χ2n) is 25.7. The summed E-state index contributed by atoms with van der Waals surface area (Å²) in [6.07, 6.45) is 16.2. The van der Waals surface area contributed by atoms with Crippen LogP contribution in [0, 0.1) is 53.2 Å². The molecule has 14 aromatic rings. The topological polar surface area (TPSA) is 277 Å². The van der Waals surface area contributed by atoms with Crippen LogP contribution in [-0.4, -0.2) is 105 Å². The van der Waals surface area contributed by atoms with Crippen LogP contribution >= 0.6 is 11.6 Å². The minimum absolute atomic E-state index is 0.0182. The molecule has 0 saturated heterocycles.